The van der Waals surface area contributed by atoms with Crippen LogP contribution in [0.25, 0.3) is 5.65 Å². The fourth-order valence-corrected chi connectivity index (χ4v) is 1.60. The number of nitrogens with zero attached hydrogens (tertiary/aromatic N) is 4. The smallest absolute Gasteiger partial charge is 0.260 e. The summed E-state index contributed by atoms with van der Waals surface area (Å²) in [6, 6.07) is 7.51. The number of aromatic nitrogens is 4. The molecule has 0 unspecified atom stereocenters. The number of nitrogen functional groups attached to an aromatic ring is 1. The van der Waals surface area contributed by atoms with Crippen molar-refractivity contribution < 1.29 is 4.74 Å². The van der Waals surface area contributed by atoms with Gasteiger partial charge in [-0.3, -0.25) is 4.40 Å². The Morgan fingerprint density at radius 2 is 2.06 bits per heavy atom. The summed E-state index contributed by atoms with van der Waals surface area (Å²) in [6.45, 7) is 0.416. The number of hydrogen-bond acceptors (Lipinski definition) is 5. The number of rotatable bonds is 3. The first-order valence-electron chi connectivity index (χ1n) is 5.44. The van der Waals surface area contributed by atoms with Gasteiger partial charge in [0.15, 0.2) is 0 Å². The Bertz CT molecular complexity index is 662. The van der Waals surface area contributed by atoms with Gasteiger partial charge >= 0.3 is 0 Å². The molecule has 0 radical (unpaired) electrons. The molecule has 0 spiro atoms. The largest absolute Gasteiger partial charge is 0.470 e. The van der Waals surface area contributed by atoms with E-state index in [9.17, 15) is 0 Å². The van der Waals surface area contributed by atoms with Crippen LogP contribution in [0.1, 0.15) is 5.56 Å². The molecule has 0 atom stereocenters. The van der Waals surface area contributed by atoms with Gasteiger partial charge in [0.2, 0.25) is 5.65 Å². The van der Waals surface area contributed by atoms with Crippen LogP contribution in [0.3, 0.4) is 0 Å². The Kier molecular flexibility index (Phi) is 2.53. The molecule has 6 nitrogen and oxygen atoms in total. The van der Waals surface area contributed by atoms with Gasteiger partial charge in [0, 0.05) is 18.1 Å². The second kappa shape index (κ2) is 4.33. The summed E-state index contributed by atoms with van der Waals surface area (Å²) in [5, 5.41) is 7.76. The third-order valence-electron chi connectivity index (χ3n) is 2.54. The van der Waals surface area contributed by atoms with Crippen molar-refractivity contribution in [2.24, 2.45) is 0 Å². The molecule has 6 heteroatoms. The molecule has 0 aliphatic rings. The van der Waals surface area contributed by atoms with Crippen LogP contribution in [-0.2, 0) is 6.61 Å². The van der Waals surface area contributed by atoms with Crippen molar-refractivity contribution in [3.8, 4) is 5.88 Å². The van der Waals surface area contributed by atoms with E-state index >= 15 is 0 Å². The predicted octanol–water partition coefficient (Wildman–Crippen LogP) is 1.29. The lowest BCUT2D eigenvalue weighted by atomic mass is 10.2. The summed E-state index contributed by atoms with van der Waals surface area (Å²) >= 11 is 0. The number of fused-ring (bicyclic) bond motifs is 1. The highest BCUT2D eigenvalue weighted by molar-refractivity contribution is 5.47. The third kappa shape index (κ3) is 1.95. The van der Waals surface area contributed by atoms with Gasteiger partial charge < -0.3 is 10.5 Å². The lowest BCUT2D eigenvalue weighted by molar-refractivity contribution is 0.296. The van der Waals surface area contributed by atoms with E-state index in [4.69, 9.17) is 10.5 Å². The van der Waals surface area contributed by atoms with E-state index in [1.165, 1.54) is 0 Å². The van der Waals surface area contributed by atoms with Crippen molar-refractivity contribution >= 4 is 11.3 Å². The van der Waals surface area contributed by atoms with Gasteiger partial charge in [-0.1, -0.05) is 12.1 Å². The monoisotopic (exact) mass is 241 g/mol. The summed E-state index contributed by atoms with van der Waals surface area (Å²) in [7, 11) is 0. The molecule has 0 aliphatic heterocycles. The number of nitrogens with two attached hydrogens (primary N) is 1. The number of ether oxygens (including phenoxy) is 1. The Balaban J connectivity index is 1.80. The maximum absolute atomic E-state index is 5.63. The normalized spacial score (nSPS) is 10.7. The summed E-state index contributed by atoms with van der Waals surface area (Å²) in [6.07, 6.45) is 5.02. The van der Waals surface area contributed by atoms with Crippen LogP contribution in [0.5, 0.6) is 5.88 Å². The van der Waals surface area contributed by atoms with E-state index in [2.05, 4.69) is 15.2 Å². The zero-order chi connectivity index (χ0) is 12.4. The first-order valence-corrected chi connectivity index (χ1v) is 5.44. The second-order valence-electron chi connectivity index (χ2n) is 3.82. The quantitative estimate of drug-likeness (QED) is 0.699. The molecule has 0 fully saturated rings. The van der Waals surface area contributed by atoms with E-state index in [0.29, 0.717) is 18.1 Å². The lowest BCUT2D eigenvalue weighted by Gasteiger charge is -2.05. The molecule has 0 saturated carbocycles. The molecule has 2 heterocycles. The molecule has 1 aromatic carbocycles. The Hall–Kier alpha value is -2.63. The van der Waals surface area contributed by atoms with Crippen molar-refractivity contribution in [2.75, 3.05) is 5.73 Å². The minimum absolute atomic E-state index is 0.416. The standard InChI is InChI=1S/C12H11N5O/c13-10-3-1-9(2-4-10)7-18-12-11-16-15-8-17(11)6-5-14-12/h1-6,8H,7,13H2. The second-order valence-corrected chi connectivity index (χ2v) is 3.82. The average Bonchev–Trinajstić information content (AvgIpc) is 2.87. The van der Waals surface area contributed by atoms with E-state index in [0.717, 1.165) is 11.3 Å². The molecule has 0 amide bonds. The van der Waals surface area contributed by atoms with Gasteiger partial charge in [-0.25, -0.2) is 4.98 Å². The van der Waals surface area contributed by atoms with Crippen LogP contribution in [-0.4, -0.2) is 19.6 Å². The fourth-order valence-electron chi connectivity index (χ4n) is 1.60. The summed E-state index contributed by atoms with van der Waals surface area (Å²) in [5.74, 6) is 0.465. The van der Waals surface area contributed by atoms with E-state index in [1.807, 2.05) is 24.3 Å². The van der Waals surface area contributed by atoms with E-state index in [-0.39, 0.29) is 0 Å². The maximum atomic E-state index is 5.63. The first-order chi connectivity index (χ1) is 8.83. The highest BCUT2D eigenvalue weighted by Crippen LogP contribution is 2.15. The zero-order valence-electron chi connectivity index (χ0n) is 9.52. The molecular weight excluding hydrogens is 230 g/mol. The molecule has 90 valence electrons. The number of benzene rings is 1. The van der Waals surface area contributed by atoms with Gasteiger partial charge in [-0.05, 0) is 17.7 Å². The highest BCUT2D eigenvalue weighted by Gasteiger charge is 2.05. The molecule has 0 aliphatic carbocycles. The molecular formula is C12H11N5O. The average molecular weight is 241 g/mol. The minimum atomic E-state index is 0.416. The third-order valence-corrected chi connectivity index (χ3v) is 2.54. The van der Waals surface area contributed by atoms with Gasteiger partial charge in [0.05, 0.1) is 0 Å². The van der Waals surface area contributed by atoms with Gasteiger partial charge in [0.25, 0.3) is 5.88 Å². The van der Waals surface area contributed by atoms with E-state index < -0.39 is 0 Å². The van der Waals surface area contributed by atoms with Gasteiger partial charge in [-0.2, -0.15) is 0 Å². The molecule has 0 bridgehead atoms. The van der Waals surface area contributed by atoms with Crippen molar-refractivity contribution in [1.29, 1.82) is 0 Å². The fraction of sp³-hybridized carbons (Fsp3) is 0.0833. The van der Waals surface area contributed by atoms with Crippen LogP contribution in [0.15, 0.2) is 43.0 Å². The summed E-state index contributed by atoms with van der Waals surface area (Å²) in [5.41, 5.74) is 7.98. The SMILES string of the molecule is Nc1ccc(COc2nccn3cnnc23)cc1. The van der Waals surface area contributed by atoms with Crippen LogP contribution in [0.4, 0.5) is 5.69 Å². The first kappa shape index (κ1) is 10.5. The zero-order valence-corrected chi connectivity index (χ0v) is 9.52. The van der Waals surface area contributed by atoms with Crippen LogP contribution < -0.4 is 10.5 Å². The van der Waals surface area contributed by atoms with Crippen molar-refractivity contribution in [1.82, 2.24) is 19.6 Å². The molecule has 0 saturated heterocycles. The Labute approximate surface area is 103 Å². The van der Waals surface area contributed by atoms with Crippen LogP contribution >= 0.6 is 0 Å². The lowest BCUT2D eigenvalue weighted by Crippen LogP contribution is -2.00. The van der Waals surface area contributed by atoms with Crippen LogP contribution in [0.2, 0.25) is 0 Å². The Morgan fingerprint density at radius 3 is 2.89 bits per heavy atom. The van der Waals surface area contributed by atoms with Crippen LogP contribution in [0, 0.1) is 0 Å². The minimum Gasteiger partial charge on any atom is -0.470 e. The molecule has 2 aromatic heterocycles. The van der Waals surface area contributed by atoms with Gasteiger partial charge in [-0.15, -0.1) is 10.2 Å². The molecule has 2 N–H and O–H groups in total. The maximum Gasteiger partial charge on any atom is 0.260 e. The molecule has 3 aromatic rings. The van der Waals surface area contributed by atoms with Crippen molar-refractivity contribution in [3.63, 3.8) is 0 Å². The highest BCUT2D eigenvalue weighted by atomic mass is 16.5. The number of anilines is 1. The summed E-state index contributed by atoms with van der Waals surface area (Å²) in [4.78, 5) is 4.14. The predicted molar refractivity (Wildman–Crippen MR) is 66.0 cm³/mol. The summed E-state index contributed by atoms with van der Waals surface area (Å²) < 4.78 is 7.38. The number of hydrogen-bond donors (Lipinski definition) is 1. The Morgan fingerprint density at radius 1 is 1.22 bits per heavy atom. The molecule has 3 rings (SSSR count). The topological polar surface area (TPSA) is 78.3 Å². The van der Waals surface area contributed by atoms with Crippen molar-refractivity contribution in [3.05, 3.63) is 48.5 Å². The molecule has 18 heavy (non-hydrogen) atoms. The van der Waals surface area contributed by atoms with Crippen molar-refractivity contribution in [2.45, 2.75) is 6.61 Å². The van der Waals surface area contributed by atoms with E-state index in [1.54, 1.807) is 23.1 Å². The van der Waals surface area contributed by atoms with Gasteiger partial charge in [0.1, 0.15) is 12.9 Å².